The summed E-state index contributed by atoms with van der Waals surface area (Å²) in [4.78, 5) is 14.4. The molecule has 0 unspecified atom stereocenters. The molecule has 158 valence electrons. The van der Waals surface area contributed by atoms with Crippen molar-refractivity contribution in [1.82, 2.24) is 18.0 Å². The van der Waals surface area contributed by atoms with Gasteiger partial charge in [0.1, 0.15) is 27.3 Å². The summed E-state index contributed by atoms with van der Waals surface area (Å²) in [5.41, 5.74) is 1.72. The van der Waals surface area contributed by atoms with Crippen molar-refractivity contribution in [1.29, 1.82) is 0 Å². The molecule has 2 aromatic heterocycles. The number of hydrogen-bond donors (Lipinski definition) is 0. The first-order valence-corrected chi connectivity index (χ1v) is 11.9. The zero-order valence-electron chi connectivity index (χ0n) is 16.3. The van der Waals surface area contributed by atoms with Gasteiger partial charge in [-0.15, -0.1) is 0 Å². The van der Waals surface area contributed by atoms with Gasteiger partial charge in [0.25, 0.3) is 0 Å². The van der Waals surface area contributed by atoms with E-state index in [1.54, 1.807) is 29.2 Å². The molecule has 1 aliphatic rings. The van der Waals surface area contributed by atoms with Crippen molar-refractivity contribution in [3.8, 4) is 0 Å². The Balaban J connectivity index is 1.26. The van der Waals surface area contributed by atoms with Gasteiger partial charge in [-0.3, -0.25) is 4.79 Å². The molecule has 31 heavy (non-hydrogen) atoms. The summed E-state index contributed by atoms with van der Waals surface area (Å²) in [5.74, 6) is 0.420. The van der Waals surface area contributed by atoms with E-state index < -0.39 is 10.0 Å². The van der Waals surface area contributed by atoms with Crippen LogP contribution in [0.15, 0.2) is 63.9 Å². The van der Waals surface area contributed by atoms with E-state index in [2.05, 4.69) is 8.75 Å². The zero-order valence-corrected chi connectivity index (χ0v) is 18.0. The normalized spacial score (nSPS) is 15.9. The van der Waals surface area contributed by atoms with Crippen LogP contribution in [0.1, 0.15) is 5.76 Å². The first kappa shape index (κ1) is 19.9. The number of rotatable bonds is 4. The Morgan fingerprint density at radius 2 is 1.84 bits per heavy atom. The fourth-order valence-corrected chi connectivity index (χ4v) is 5.80. The number of furan rings is 1. The molecule has 0 N–H and O–H groups in total. The maximum atomic E-state index is 13.1. The molecule has 8 nitrogen and oxygen atoms in total. The fraction of sp³-hybridized carbons (Fsp3) is 0.190. The number of sulfonamides is 1. The molecule has 1 saturated heterocycles. The van der Waals surface area contributed by atoms with Gasteiger partial charge < -0.3 is 9.32 Å². The third-order valence-electron chi connectivity index (χ3n) is 5.25. The van der Waals surface area contributed by atoms with Gasteiger partial charge in [-0.2, -0.15) is 13.1 Å². The van der Waals surface area contributed by atoms with Crippen LogP contribution in [-0.2, 0) is 14.8 Å². The van der Waals surface area contributed by atoms with Crippen LogP contribution in [-0.4, -0.2) is 58.5 Å². The molecule has 5 rings (SSSR count). The number of aromatic nitrogens is 2. The summed E-state index contributed by atoms with van der Waals surface area (Å²) >= 11 is 0.988. The van der Waals surface area contributed by atoms with Gasteiger partial charge in [-0.05, 0) is 30.3 Å². The van der Waals surface area contributed by atoms with Crippen LogP contribution in [0.2, 0.25) is 0 Å². The van der Waals surface area contributed by atoms with Crippen molar-refractivity contribution in [3.05, 3.63) is 60.4 Å². The standard InChI is InChI=1S/C21H18N4O4S2/c26-20(9-8-16-14-15-4-1-2-6-18(15)29-16)24-10-12-25(13-11-24)31(27,28)19-7-3-5-17-21(19)23-30-22-17/h1-9,14H,10-13H2/b9-8+. The second-order valence-corrected chi connectivity index (χ2v) is 9.57. The lowest BCUT2D eigenvalue weighted by Gasteiger charge is -2.33. The van der Waals surface area contributed by atoms with E-state index >= 15 is 0 Å². The monoisotopic (exact) mass is 454 g/mol. The second-order valence-electron chi connectivity index (χ2n) is 7.14. The number of piperazine rings is 1. The largest absolute Gasteiger partial charge is 0.457 e. The number of carbonyl (C=O) groups excluding carboxylic acids is 1. The Kier molecular flexibility index (Phi) is 5.05. The molecule has 4 aromatic rings. The summed E-state index contributed by atoms with van der Waals surface area (Å²) in [6.07, 6.45) is 3.10. The zero-order chi connectivity index (χ0) is 21.4. The molecule has 10 heteroatoms. The average molecular weight is 455 g/mol. The van der Waals surface area contributed by atoms with Gasteiger partial charge in [0.2, 0.25) is 15.9 Å². The lowest BCUT2D eigenvalue weighted by Crippen LogP contribution is -2.50. The lowest BCUT2D eigenvalue weighted by molar-refractivity contribution is -0.127. The van der Waals surface area contributed by atoms with Crippen LogP contribution in [0.5, 0.6) is 0 Å². The van der Waals surface area contributed by atoms with Gasteiger partial charge in [-0.25, -0.2) is 8.42 Å². The number of para-hydroxylation sites is 1. The highest BCUT2D eigenvalue weighted by Gasteiger charge is 2.31. The highest BCUT2D eigenvalue weighted by Crippen LogP contribution is 2.25. The molecular formula is C21H18N4O4S2. The molecule has 0 atom stereocenters. The van der Waals surface area contributed by atoms with Gasteiger partial charge in [0, 0.05) is 37.6 Å². The Bertz CT molecular complexity index is 1370. The van der Waals surface area contributed by atoms with Crippen molar-refractivity contribution in [2.24, 2.45) is 0 Å². The maximum Gasteiger partial charge on any atom is 0.246 e. The van der Waals surface area contributed by atoms with Crippen molar-refractivity contribution in [3.63, 3.8) is 0 Å². The smallest absolute Gasteiger partial charge is 0.246 e. The Morgan fingerprint density at radius 3 is 2.65 bits per heavy atom. The topological polar surface area (TPSA) is 96.6 Å². The average Bonchev–Trinajstić information content (AvgIpc) is 3.43. The second kappa shape index (κ2) is 7.88. The van der Waals surface area contributed by atoms with Crippen LogP contribution in [0.3, 0.4) is 0 Å². The number of hydrogen-bond acceptors (Lipinski definition) is 7. The number of carbonyl (C=O) groups is 1. The molecule has 1 fully saturated rings. The lowest BCUT2D eigenvalue weighted by atomic mass is 10.2. The SMILES string of the molecule is O=C(/C=C/c1cc2ccccc2o1)N1CCN(S(=O)(=O)c2cccc3nsnc23)CC1. The molecular weight excluding hydrogens is 436 g/mol. The minimum atomic E-state index is -3.71. The number of amides is 1. The molecule has 0 saturated carbocycles. The highest BCUT2D eigenvalue weighted by atomic mass is 32.2. The molecule has 2 aromatic carbocycles. The molecule has 3 heterocycles. The Labute approximate surface area is 182 Å². The van der Waals surface area contributed by atoms with Gasteiger partial charge in [0.05, 0.1) is 11.7 Å². The van der Waals surface area contributed by atoms with Gasteiger partial charge in [0.15, 0.2) is 0 Å². The van der Waals surface area contributed by atoms with E-state index in [1.165, 1.54) is 10.4 Å². The third kappa shape index (κ3) is 3.73. The third-order valence-corrected chi connectivity index (χ3v) is 7.72. The summed E-state index contributed by atoms with van der Waals surface area (Å²) < 4.78 is 41.5. The van der Waals surface area contributed by atoms with Crippen molar-refractivity contribution in [2.75, 3.05) is 26.2 Å². The highest BCUT2D eigenvalue weighted by molar-refractivity contribution is 7.89. The van der Waals surface area contributed by atoms with Crippen LogP contribution >= 0.6 is 11.7 Å². The maximum absolute atomic E-state index is 13.1. The van der Waals surface area contributed by atoms with Crippen LogP contribution in [0.25, 0.3) is 28.1 Å². The van der Waals surface area contributed by atoms with Crippen LogP contribution in [0.4, 0.5) is 0 Å². The first-order valence-electron chi connectivity index (χ1n) is 9.69. The van der Waals surface area contributed by atoms with E-state index in [0.717, 1.165) is 22.7 Å². The van der Waals surface area contributed by atoms with E-state index in [9.17, 15) is 13.2 Å². The van der Waals surface area contributed by atoms with Crippen molar-refractivity contribution < 1.29 is 17.6 Å². The molecule has 1 amide bonds. The molecule has 0 radical (unpaired) electrons. The number of fused-ring (bicyclic) bond motifs is 2. The summed E-state index contributed by atoms with van der Waals surface area (Å²) in [7, 11) is -3.71. The predicted molar refractivity (Wildman–Crippen MR) is 118 cm³/mol. The molecule has 0 spiro atoms. The minimum Gasteiger partial charge on any atom is -0.457 e. The number of benzene rings is 2. The van der Waals surface area contributed by atoms with Gasteiger partial charge >= 0.3 is 0 Å². The quantitative estimate of drug-likeness (QED) is 0.440. The molecule has 1 aliphatic heterocycles. The van der Waals surface area contributed by atoms with E-state index in [-0.39, 0.29) is 23.9 Å². The van der Waals surface area contributed by atoms with Gasteiger partial charge in [-0.1, -0.05) is 24.3 Å². The van der Waals surface area contributed by atoms with Crippen molar-refractivity contribution >= 4 is 55.7 Å². The fourth-order valence-electron chi connectivity index (χ4n) is 3.62. The summed E-state index contributed by atoms with van der Waals surface area (Å²) in [5, 5.41) is 0.971. The van der Waals surface area contributed by atoms with E-state index in [0.29, 0.717) is 29.9 Å². The first-order chi connectivity index (χ1) is 15.0. The Morgan fingerprint density at radius 1 is 1.03 bits per heavy atom. The van der Waals surface area contributed by atoms with Crippen molar-refractivity contribution in [2.45, 2.75) is 4.90 Å². The minimum absolute atomic E-state index is 0.156. The van der Waals surface area contributed by atoms with E-state index in [4.69, 9.17) is 4.42 Å². The summed E-state index contributed by atoms with van der Waals surface area (Å²) in [6, 6.07) is 14.5. The van der Waals surface area contributed by atoms with Crippen LogP contribution in [0, 0.1) is 0 Å². The molecule has 0 aliphatic carbocycles. The van der Waals surface area contributed by atoms with E-state index in [1.807, 2.05) is 30.3 Å². The Hall–Kier alpha value is -3.08. The number of nitrogens with zero attached hydrogens (tertiary/aromatic N) is 4. The molecule has 0 bridgehead atoms. The summed E-state index contributed by atoms with van der Waals surface area (Å²) in [6.45, 7) is 1.07. The van der Waals surface area contributed by atoms with Crippen LogP contribution < -0.4 is 0 Å². The predicted octanol–water partition coefficient (Wildman–Crippen LogP) is 2.98.